The van der Waals surface area contributed by atoms with Gasteiger partial charge in [0.25, 0.3) is 0 Å². The zero-order valence-corrected chi connectivity index (χ0v) is 13.5. The first-order valence-corrected chi connectivity index (χ1v) is 6.55. The SMILES string of the molecule is CC(CN1CCCCC1)NC(=O)C(N)CC(N)=O.Cl.Cl. The molecule has 20 heavy (non-hydrogen) atoms. The van der Waals surface area contributed by atoms with Gasteiger partial charge in [0.05, 0.1) is 12.5 Å². The van der Waals surface area contributed by atoms with Gasteiger partial charge in [0, 0.05) is 12.6 Å². The summed E-state index contributed by atoms with van der Waals surface area (Å²) in [5.41, 5.74) is 10.6. The lowest BCUT2D eigenvalue weighted by Crippen LogP contribution is -2.49. The van der Waals surface area contributed by atoms with Gasteiger partial charge in [-0.05, 0) is 32.9 Å². The van der Waals surface area contributed by atoms with E-state index in [-0.39, 0.29) is 43.2 Å². The first-order chi connectivity index (χ1) is 8.49. The number of carbonyl (C=O) groups excluding carboxylic acids is 2. The van der Waals surface area contributed by atoms with Gasteiger partial charge >= 0.3 is 0 Å². The Bertz CT molecular complexity index is 299. The zero-order chi connectivity index (χ0) is 13.5. The minimum Gasteiger partial charge on any atom is -0.370 e. The van der Waals surface area contributed by atoms with Crippen LogP contribution in [0.4, 0.5) is 0 Å². The average Bonchev–Trinajstić information content (AvgIpc) is 2.29. The highest BCUT2D eigenvalue weighted by molar-refractivity contribution is 5.87. The molecule has 0 bridgehead atoms. The van der Waals surface area contributed by atoms with E-state index >= 15 is 0 Å². The van der Waals surface area contributed by atoms with E-state index in [1.165, 1.54) is 19.3 Å². The van der Waals surface area contributed by atoms with E-state index < -0.39 is 11.9 Å². The molecule has 2 atom stereocenters. The highest BCUT2D eigenvalue weighted by Gasteiger charge is 2.19. The van der Waals surface area contributed by atoms with Crippen LogP contribution in [0, 0.1) is 0 Å². The fourth-order valence-corrected chi connectivity index (χ4v) is 2.23. The fraction of sp³-hybridized carbons (Fsp3) is 0.833. The number of halogens is 2. The second-order valence-corrected chi connectivity index (χ2v) is 5.05. The Morgan fingerprint density at radius 3 is 2.25 bits per heavy atom. The molecule has 0 aliphatic carbocycles. The molecule has 2 unspecified atom stereocenters. The second kappa shape index (κ2) is 11.1. The van der Waals surface area contributed by atoms with E-state index in [0.29, 0.717) is 0 Å². The second-order valence-electron chi connectivity index (χ2n) is 5.05. The minimum atomic E-state index is -0.841. The van der Waals surface area contributed by atoms with Gasteiger partial charge in [-0.15, -0.1) is 24.8 Å². The van der Waals surface area contributed by atoms with E-state index in [1.807, 2.05) is 6.92 Å². The maximum atomic E-state index is 11.7. The Labute approximate surface area is 132 Å². The molecule has 120 valence electrons. The number of nitrogens with zero attached hydrogens (tertiary/aromatic N) is 1. The van der Waals surface area contributed by atoms with Crippen LogP contribution in [-0.2, 0) is 9.59 Å². The van der Waals surface area contributed by atoms with Crippen LogP contribution in [0.2, 0.25) is 0 Å². The fourth-order valence-electron chi connectivity index (χ4n) is 2.23. The monoisotopic (exact) mass is 328 g/mol. The van der Waals surface area contributed by atoms with Crippen molar-refractivity contribution in [2.45, 2.75) is 44.7 Å². The summed E-state index contributed by atoms with van der Waals surface area (Å²) in [4.78, 5) is 24.7. The number of amides is 2. The van der Waals surface area contributed by atoms with Crippen molar-refractivity contribution in [3.05, 3.63) is 0 Å². The van der Waals surface area contributed by atoms with Gasteiger partial charge in [-0.1, -0.05) is 6.42 Å². The van der Waals surface area contributed by atoms with Crippen molar-refractivity contribution in [3.8, 4) is 0 Å². The van der Waals surface area contributed by atoms with Crippen molar-refractivity contribution in [1.82, 2.24) is 10.2 Å². The first kappa shape index (κ1) is 21.7. The smallest absolute Gasteiger partial charge is 0.237 e. The third-order valence-electron chi connectivity index (χ3n) is 3.13. The highest BCUT2D eigenvalue weighted by Crippen LogP contribution is 2.08. The number of carbonyl (C=O) groups is 2. The lowest BCUT2D eigenvalue weighted by Gasteiger charge is -2.29. The van der Waals surface area contributed by atoms with Crippen LogP contribution < -0.4 is 16.8 Å². The summed E-state index contributed by atoms with van der Waals surface area (Å²) in [5.74, 6) is -0.861. The normalized spacial score (nSPS) is 18.1. The van der Waals surface area contributed by atoms with Gasteiger partial charge in [-0.3, -0.25) is 9.59 Å². The number of nitrogens with two attached hydrogens (primary N) is 2. The third-order valence-corrected chi connectivity index (χ3v) is 3.13. The number of hydrogen-bond donors (Lipinski definition) is 3. The predicted octanol–water partition coefficient (Wildman–Crippen LogP) is 0.0233. The van der Waals surface area contributed by atoms with Crippen LogP contribution in [0.3, 0.4) is 0 Å². The molecule has 0 saturated carbocycles. The molecule has 1 fully saturated rings. The van der Waals surface area contributed by atoms with Crippen LogP contribution in [0.5, 0.6) is 0 Å². The highest BCUT2D eigenvalue weighted by atomic mass is 35.5. The Morgan fingerprint density at radius 2 is 1.75 bits per heavy atom. The number of likely N-dealkylation sites (tertiary alicyclic amines) is 1. The quantitative estimate of drug-likeness (QED) is 0.639. The van der Waals surface area contributed by atoms with Gasteiger partial charge < -0.3 is 21.7 Å². The molecule has 8 heteroatoms. The molecule has 6 nitrogen and oxygen atoms in total. The maximum absolute atomic E-state index is 11.7. The molecular formula is C12H26Cl2N4O2. The lowest BCUT2D eigenvalue weighted by atomic mass is 10.1. The first-order valence-electron chi connectivity index (χ1n) is 6.55. The summed E-state index contributed by atoms with van der Waals surface area (Å²) < 4.78 is 0. The Hall–Kier alpha value is -0.560. The summed E-state index contributed by atoms with van der Waals surface area (Å²) >= 11 is 0. The number of primary amides is 1. The molecule has 0 aromatic heterocycles. The standard InChI is InChI=1S/C12H24N4O2.2ClH/c1-9(8-16-5-3-2-4-6-16)15-12(18)10(13)7-11(14)17;;/h9-10H,2-8,13H2,1H3,(H2,14,17)(H,15,18);2*1H. The van der Waals surface area contributed by atoms with E-state index in [2.05, 4.69) is 10.2 Å². The molecule has 0 aromatic rings. The van der Waals surface area contributed by atoms with E-state index in [1.54, 1.807) is 0 Å². The molecule has 0 radical (unpaired) electrons. The summed E-state index contributed by atoms with van der Waals surface area (Å²) in [6.07, 6.45) is 3.63. The molecule has 1 aliphatic rings. The van der Waals surface area contributed by atoms with Crippen molar-refractivity contribution in [3.63, 3.8) is 0 Å². The number of piperidine rings is 1. The van der Waals surface area contributed by atoms with E-state index in [0.717, 1.165) is 19.6 Å². The molecule has 1 saturated heterocycles. The van der Waals surface area contributed by atoms with Crippen LogP contribution in [0.15, 0.2) is 0 Å². The number of hydrogen-bond acceptors (Lipinski definition) is 4. The third kappa shape index (κ3) is 8.58. The summed E-state index contributed by atoms with van der Waals surface area (Å²) in [6, 6.07) is -0.805. The summed E-state index contributed by atoms with van der Waals surface area (Å²) in [6.45, 7) is 4.96. The Kier molecular flexibility index (Phi) is 12.1. The van der Waals surface area contributed by atoms with Crippen molar-refractivity contribution >= 4 is 36.6 Å². The Morgan fingerprint density at radius 1 is 1.20 bits per heavy atom. The average molecular weight is 329 g/mol. The molecule has 1 rings (SSSR count). The summed E-state index contributed by atoms with van der Waals surface area (Å²) in [7, 11) is 0. The van der Waals surface area contributed by atoms with E-state index in [9.17, 15) is 9.59 Å². The molecular weight excluding hydrogens is 303 g/mol. The van der Waals surface area contributed by atoms with Crippen molar-refractivity contribution in [2.24, 2.45) is 11.5 Å². The molecule has 5 N–H and O–H groups in total. The van der Waals surface area contributed by atoms with Crippen molar-refractivity contribution < 1.29 is 9.59 Å². The largest absolute Gasteiger partial charge is 0.370 e. The lowest BCUT2D eigenvalue weighted by molar-refractivity contribution is -0.126. The van der Waals surface area contributed by atoms with Crippen LogP contribution >= 0.6 is 24.8 Å². The number of nitrogens with one attached hydrogen (secondary N) is 1. The van der Waals surface area contributed by atoms with Crippen LogP contribution in [0.1, 0.15) is 32.6 Å². The van der Waals surface area contributed by atoms with Gasteiger partial charge in [-0.25, -0.2) is 0 Å². The molecule has 2 amide bonds. The minimum absolute atomic E-state index is 0. The van der Waals surface area contributed by atoms with Gasteiger partial charge in [0.1, 0.15) is 0 Å². The van der Waals surface area contributed by atoms with Crippen LogP contribution in [0.25, 0.3) is 0 Å². The predicted molar refractivity (Wildman–Crippen MR) is 84.2 cm³/mol. The number of rotatable bonds is 6. The molecule has 1 heterocycles. The molecule has 1 aliphatic heterocycles. The van der Waals surface area contributed by atoms with Gasteiger partial charge in [0.15, 0.2) is 0 Å². The van der Waals surface area contributed by atoms with E-state index in [4.69, 9.17) is 11.5 Å². The Balaban J connectivity index is 0. The van der Waals surface area contributed by atoms with Gasteiger partial charge in [0.2, 0.25) is 11.8 Å². The van der Waals surface area contributed by atoms with Crippen molar-refractivity contribution in [1.29, 1.82) is 0 Å². The molecule has 0 aromatic carbocycles. The van der Waals surface area contributed by atoms with Crippen molar-refractivity contribution in [2.75, 3.05) is 19.6 Å². The van der Waals surface area contributed by atoms with Gasteiger partial charge in [-0.2, -0.15) is 0 Å². The maximum Gasteiger partial charge on any atom is 0.237 e. The van der Waals surface area contributed by atoms with Crippen LogP contribution in [-0.4, -0.2) is 48.4 Å². The topological polar surface area (TPSA) is 101 Å². The summed E-state index contributed by atoms with van der Waals surface area (Å²) in [5, 5.41) is 2.82. The zero-order valence-electron chi connectivity index (χ0n) is 11.8. The molecule has 0 spiro atoms.